The molecule has 3 saturated heterocycles. The molecule has 53 heavy (non-hydrogen) atoms. The molecule has 7 rings (SSSR count). The molecular weight excluding hydrogens is 751 g/mol. The Hall–Kier alpha value is -3.48. The van der Waals surface area contributed by atoms with Crippen molar-refractivity contribution in [3.8, 4) is 16.9 Å². The van der Waals surface area contributed by atoms with E-state index in [1.165, 1.54) is 52.0 Å². The van der Waals surface area contributed by atoms with E-state index in [2.05, 4.69) is 75.0 Å². The third-order valence-corrected chi connectivity index (χ3v) is 13.5. The topological polar surface area (TPSA) is 116 Å². The number of hydrogen-bond donors (Lipinski definition) is 3. The molecule has 284 valence electrons. The van der Waals surface area contributed by atoms with Crippen LogP contribution in [0.5, 0.6) is 5.75 Å². The summed E-state index contributed by atoms with van der Waals surface area (Å²) in [4.78, 5) is 17.3. The molecule has 4 aromatic rings. The van der Waals surface area contributed by atoms with E-state index in [0.29, 0.717) is 22.0 Å². The van der Waals surface area contributed by atoms with Gasteiger partial charge in [0, 0.05) is 92.9 Å². The van der Waals surface area contributed by atoms with Crippen molar-refractivity contribution >= 4 is 57.2 Å². The summed E-state index contributed by atoms with van der Waals surface area (Å²) in [5, 5.41) is 15.6. The van der Waals surface area contributed by atoms with E-state index >= 15 is 0 Å². The van der Waals surface area contributed by atoms with Crippen molar-refractivity contribution in [2.75, 3.05) is 94.9 Å². The third kappa shape index (κ3) is 8.60. The summed E-state index contributed by atoms with van der Waals surface area (Å²) in [6, 6.07) is 9.03. The first-order valence-electron chi connectivity index (χ1n) is 18.8. The van der Waals surface area contributed by atoms with E-state index in [0.717, 1.165) is 82.8 Å². The highest BCUT2D eigenvalue weighted by Gasteiger charge is 2.29. The summed E-state index contributed by atoms with van der Waals surface area (Å²) >= 11 is 3.62. The van der Waals surface area contributed by atoms with Crippen molar-refractivity contribution in [2.24, 2.45) is 13.0 Å². The highest BCUT2D eigenvalue weighted by molar-refractivity contribution is 9.10. The van der Waals surface area contributed by atoms with Crippen molar-refractivity contribution in [1.29, 1.82) is 0 Å². The van der Waals surface area contributed by atoms with Crippen molar-refractivity contribution in [2.45, 2.75) is 39.2 Å². The number of benzene rings is 2. The number of halogens is 1. The molecule has 3 aliphatic rings. The van der Waals surface area contributed by atoms with Crippen molar-refractivity contribution < 1.29 is 9.30 Å². The minimum atomic E-state index is -2.59. The van der Waals surface area contributed by atoms with Crippen LogP contribution >= 0.6 is 23.1 Å². The Kier molecular flexibility index (Phi) is 11.5. The van der Waals surface area contributed by atoms with Crippen LogP contribution in [0.3, 0.4) is 0 Å². The van der Waals surface area contributed by atoms with Crippen molar-refractivity contribution in [3.05, 3.63) is 58.5 Å². The Balaban J connectivity index is 1.07. The number of ether oxygens (including phenoxy) is 1. The first-order valence-corrected chi connectivity index (χ1v) is 22.2. The van der Waals surface area contributed by atoms with Gasteiger partial charge in [-0.1, -0.05) is 6.07 Å². The molecule has 0 radical (unpaired) electrons. The molecule has 3 aliphatic heterocycles. The van der Waals surface area contributed by atoms with Crippen LogP contribution in [0.4, 0.5) is 28.8 Å². The molecule has 0 spiro atoms. The van der Waals surface area contributed by atoms with E-state index in [9.17, 15) is 4.57 Å². The molecule has 5 heterocycles. The van der Waals surface area contributed by atoms with Gasteiger partial charge in [0.2, 0.25) is 5.95 Å². The maximum atomic E-state index is 13.4. The Morgan fingerprint density at radius 2 is 1.75 bits per heavy atom. The number of methoxy groups -OCH3 is 1. The highest BCUT2D eigenvalue weighted by atomic mass is 79.9. The van der Waals surface area contributed by atoms with Gasteiger partial charge in [-0.2, -0.15) is 10.1 Å². The zero-order chi connectivity index (χ0) is 37.3. The van der Waals surface area contributed by atoms with E-state index in [1.54, 1.807) is 26.6 Å². The summed E-state index contributed by atoms with van der Waals surface area (Å²) in [7, 11) is 1.06. The summed E-state index contributed by atoms with van der Waals surface area (Å²) in [6.07, 6.45) is 9.65. The number of rotatable bonds is 12. The van der Waals surface area contributed by atoms with Crippen LogP contribution in [0.15, 0.2) is 47.3 Å². The minimum absolute atomic E-state index is 0.403. The third-order valence-electron chi connectivity index (χ3n) is 11.3. The van der Waals surface area contributed by atoms with Gasteiger partial charge < -0.3 is 30.2 Å². The molecule has 0 amide bonds. The fraction of sp³-hybridized carbons (Fsp3) is 0.513. The molecule has 14 heteroatoms. The SMILES string of the molecule is COc1cc(N2CCN(CCC3CCN(C4CNC4)CC3)CC2)c(-c2cnn(C)c2)cc1Nc1ncc(Br)c(Nc2ccc(C)c(C)c2P(C)(C)=O)n1. The number of aromatic nitrogens is 4. The number of hydrogen-bond acceptors (Lipinski definition) is 11. The quantitative estimate of drug-likeness (QED) is 0.142. The zero-order valence-corrected chi connectivity index (χ0v) is 34.4. The molecule has 0 atom stereocenters. The first-order chi connectivity index (χ1) is 25.5. The van der Waals surface area contributed by atoms with Gasteiger partial charge in [0.1, 0.15) is 18.7 Å². The van der Waals surface area contributed by atoms with E-state index in [1.807, 2.05) is 43.9 Å². The van der Waals surface area contributed by atoms with Gasteiger partial charge in [-0.3, -0.25) is 14.5 Å². The predicted molar refractivity (Wildman–Crippen MR) is 221 cm³/mol. The van der Waals surface area contributed by atoms with Gasteiger partial charge in [0.25, 0.3) is 0 Å². The highest BCUT2D eigenvalue weighted by Crippen LogP contribution is 2.42. The summed E-state index contributed by atoms with van der Waals surface area (Å²) in [5.41, 5.74) is 6.88. The lowest BCUT2D eigenvalue weighted by Crippen LogP contribution is -2.58. The summed E-state index contributed by atoms with van der Waals surface area (Å²) < 4.78 is 21.9. The van der Waals surface area contributed by atoms with Crippen LogP contribution < -0.4 is 30.9 Å². The second kappa shape index (κ2) is 16.1. The van der Waals surface area contributed by atoms with E-state index < -0.39 is 7.14 Å². The minimum Gasteiger partial charge on any atom is -0.494 e. The monoisotopic (exact) mass is 804 g/mol. The average Bonchev–Trinajstić information content (AvgIpc) is 3.55. The number of nitrogens with zero attached hydrogens (tertiary/aromatic N) is 7. The van der Waals surface area contributed by atoms with Crippen LogP contribution in [-0.2, 0) is 11.6 Å². The molecule has 3 fully saturated rings. The van der Waals surface area contributed by atoms with Gasteiger partial charge in [-0.05, 0) is 111 Å². The molecule has 0 saturated carbocycles. The second-order valence-electron chi connectivity index (χ2n) is 15.3. The molecule has 0 aliphatic carbocycles. The fourth-order valence-electron chi connectivity index (χ4n) is 7.96. The Morgan fingerprint density at radius 1 is 1.00 bits per heavy atom. The largest absolute Gasteiger partial charge is 0.494 e. The second-order valence-corrected chi connectivity index (χ2v) is 19.3. The van der Waals surface area contributed by atoms with E-state index in [-0.39, 0.29) is 0 Å². The van der Waals surface area contributed by atoms with Crippen molar-refractivity contribution in [3.63, 3.8) is 0 Å². The van der Waals surface area contributed by atoms with Crippen LogP contribution in [0.25, 0.3) is 11.1 Å². The molecule has 12 nitrogen and oxygen atoms in total. The number of piperazine rings is 1. The molecule has 3 N–H and O–H groups in total. The Morgan fingerprint density at radius 3 is 2.40 bits per heavy atom. The lowest BCUT2D eigenvalue weighted by molar-refractivity contribution is 0.0921. The normalized spacial score (nSPS) is 17.9. The first kappa shape index (κ1) is 37.8. The van der Waals surface area contributed by atoms with Crippen LogP contribution in [0.1, 0.15) is 30.4 Å². The predicted octanol–water partition coefficient (Wildman–Crippen LogP) is 6.20. The lowest BCUT2D eigenvalue weighted by Gasteiger charge is -2.42. The maximum Gasteiger partial charge on any atom is 0.229 e. The zero-order valence-electron chi connectivity index (χ0n) is 32.0. The Labute approximate surface area is 322 Å². The van der Waals surface area contributed by atoms with Gasteiger partial charge in [-0.15, -0.1) is 0 Å². The summed E-state index contributed by atoms with van der Waals surface area (Å²) in [6.45, 7) is 17.7. The number of piperidine rings is 1. The van der Waals surface area contributed by atoms with Crippen LogP contribution in [0, 0.1) is 19.8 Å². The Bertz CT molecular complexity index is 1960. The van der Waals surface area contributed by atoms with Gasteiger partial charge in [0.05, 0.1) is 29.2 Å². The fourth-order valence-corrected chi connectivity index (χ4v) is 9.95. The van der Waals surface area contributed by atoms with Gasteiger partial charge >= 0.3 is 0 Å². The number of anilines is 5. The number of aryl methyl sites for hydroxylation is 2. The van der Waals surface area contributed by atoms with Gasteiger partial charge in [-0.25, -0.2) is 4.98 Å². The number of nitrogens with one attached hydrogen (secondary N) is 3. The smallest absolute Gasteiger partial charge is 0.229 e. The lowest BCUT2D eigenvalue weighted by atomic mass is 9.91. The number of likely N-dealkylation sites (tertiary alicyclic amines) is 1. The van der Waals surface area contributed by atoms with Crippen LogP contribution in [-0.4, -0.2) is 115 Å². The molecule has 2 aromatic heterocycles. The average molecular weight is 806 g/mol. The standard InChI is InChI=1S/C39H54BrN10O2P/c1-26-7-8-33(37(27(26)2)53(5,6)51)44-38-32(40)24-42-39(46-38)45-34-19-31(29-21-43-47(3)25-29)35(20-36(34)52-4)50-17-15-48(16-18-50)12-9-28-10-13-49(14-11-28)30-22-41-23-30/h7-8,19-21,24-25,28,30,41H,9-18,22-23H2,1-6H3,(H2,42,44,45,46). The van der Waals surface area contributed by atoms with Gasteiger partial charge in [0.15, 0.2) is 0 Å². The molecule has 2 aromatic carbocycles. The van der Waals surface area contributed by atoms with Crippen molar-refractivity contribution in [1.82, 2.24) is 34.9 Å². The maximum absolute atomic E-state index is 13.4. The molecule has 0 bridgehead atoms. The van der Waals surface area contributed by atoms with Crippen LogP contribution in [0.2, 0.25) is 0 Å². The molecular formula is C39H54BrN10O2P. The van der Waals surface area contributed by atoms with E-state index in [4.69, 9.17) is 9.72 Å². The molecule has 0 unspecified atom stereocenters. The summed E-state index contributed by atoms with van der Waals surface area (Å²) in [5.74, 6) is 2.52.